The van der Waals surface area contributed by atoms with Crippen LogP contribution in [-0.2, 0) is 11.3 Å². The molecule has 1 aromatic rings. The van der Waals surface area contributed by atoms with Crippen molar-refractivity contribution < 1.29 is 4.74 Å². The van der Waals surface area contributed by atoms with E-state index in [1.807, 2.05) is 18.2 Å². The Kier molecular flexibility index (Phi) is 5.31. The Hall–Kier alpha value is -0.820. The van der Waals surface area contributed by atoms with Gasteiger partial charge in [0.25, 0.3) is 0 Å². The molecule has 0 aromatic heterocycles. The highest BCUT2D eigenvalue weighted by atomic mass is 16.5. The molecule has 0 aliphatic rings. The topological polar surface area (TPSA) is 9.23 Å². The molecule has 1 aromatic carbocycles. The van der Waals surface area contributed by atoms with Crippen LogP contribution < -0.4 is 0 Å². The summed E-state index contributed by atoms with van der Waals surface area (Å²) in [7, 11) is 0. The summed E-state index contributed by atoms with van der Waals surface area (Å²) in [5, 5.41) is 0. The summed E-state index contributed by atoms with van der Waals surface area (Å²) in [4.78, 5) is 0. The van der Waals surface area contributed by atoms with Crippen molar-refractivity contribution >= 4 is 0 Å². The average Bonchev–Trinajstić information content (AvgIpc) is 2.25. The summed E-state index contributed by atoms with van der Waals surface area (Å²) >= 11 is 0. The van der Waals surface area contributed by atoms with Gasteiger partial charge in [-0.2, -0.15) is 0 Å². The highest BCUT2D eigenvalue weighted by molar-refractivity contribution is 5.13. The fraction of sp³-hybridized carbons (Fsp3) is 0.538. The predicted octanol–water partition coefficient (Wildman–Crippen LogP) is 3.64. The van der Waals surface area contributed by atoms with Crippen LogP contribution in [0.1, 0.15) is 32.3 Å². The predicted molar refractivity (Wildman–Crippen MR) is 60.2 cm³/mol. The second-order valence-electron chi connectivity index (χ2n) is 3.84. The van der Waals surface area contributed by atoms with Crippen molar-refractivity contribution in [3.05, 3.63) is 35.9 Å². The highest BCUT2D eigenvalue weighted by Gasteiger charge is 1.98. The molecule has 0 fully saturated rings. The van der Waals surface area contributed by atoms with Crippen LogP contribution in [0.4, 0.5) is 0 Å². The molecule has 0 bridgehead atoms. The van der Waals surface area contributed by atoms with Crippen LogP contribution in [0.5, 0.6) is 0 Å². The summed E-state index contributed by atoms with van der Waals surface area (Å²) in [6.45, 7) is 6.12. The Bertz CT molecular complexity index is 230. The lowest BCUT2D eigenvalue weighted by molar-refractivity contribution is 0.108. The molecule has 1 unspecified atom stereocenters. The van der Waals surface area contributed by atoms with Gasteiger partial charge in [-0.05, 0) is 17.9 Å². The second-order valence-corrected chi connectivity index (χ2v) is 3.84. The summed E-state index contributed by atoms with van der Waals surface area (Å²) < 4.78 is 5.59. The van der Waals surface area contributed by atoms with E-state index in [2.05, 4.69) is 26.0 Å². The molecule has 0 aliphatic heterocycles. The van der Waals surface area contributed by atoms with Gasteiger partial charge in [-0.15, -0.1) is 0 Å². The van der Waals surface area contributed by atoms with Crippen molar-refractivity contribution in [2.45, 2.75) is 33.3 Å². The van der Waals surface area contributed by atoms with E-state index in [4.69, 9.17) is 4.74 Å². The zero-order valence-corrected chi connectivity index (χ0v) is 9.20. The third-order valence-electron chi connectivity index (χ3n) is 2.56. The standard InChI is InChI=1S/C13H20O/c1-3-12(2)9-10-14-11-13-7-5-4-6-8-13/h4-8,12H,3,9-11H2,1-2H3. The van der Waals surface area contributed by atoms with Crippen LogP contribution in [0.25, 0.3) is 0 Å². The zero-order valence-electron chi connectivity index (χ0n) is 9.20. The van der Waals surface area contributed by atoms with E-state index in [9.17, 15) is 0 Å². The molecule has 0 spiro atoms. The summed E-state index contributed by atoms with van der Waals surface area (Å²) in [6, 6.07) is 10.3. The van der Waals surface area contributed by atoms with E-state index in [0.29, 0.717) is 0 Å². The van der Waals surface area contributed by atoms with Crippen LogP contribution >= 0.6 is 0 Å². The van der Waals surface area contributed by atoms with Gasteiger partial charge in [0.15, 0.2) is 0 Å². The fourth-order valence-corrected chi connectivity index (χ4v) is 1.25. The van der Waals surface area contributed by atoms with Crippen molar-refractivity contribution in [1.29, 1.82) is 0 Å². The first-order valence-electron chi connectivity index (χ1n) is 5.44. The number of hydrogen-bond donors (Lipinski definition) is 0. The Morgan fingerprint density at radius 3 is 2.57 bits per heavy atom. The van der Waals surface area contributed by atoms with Crippen LogP contribution in [0.15, 0.2) is 30.3 Å². The Labute approximate surface area is 87.1 Å². The molecular formula is C13H20O. The lowest BCUT2D eigenvalue weighted by Crippen LogP contribution is -2.01. The van der Waals surface area contributed by atoms with Crippen LogP contribution in [0, 0.1) is 5.92 Å². The molecule has 0 radical (unpaired) electrons. The molecule has 78 valence electrons. The van der Waals surface area contributed by atoms with E-state index >= 15 is 0 Å². The Morgan fingerprint density at radius 2 is 1.93 bits per heavy atom. The minimum absolute atomic E-state index is 0.747. The van der Waals surface area contributed by atoms with Gasteiger partial charge < -0.3 is 4.74 Å². The van der Waals surface area contributed by atoms with Gasteiger partial charge in [0, 0.05) is 6.61 Å². The molecule has 0 aliphatic carbocycles. The first-order valence-corrected chi connectivity index (χ1v) is 5.44. The van der Waals surface area contributed by atoms with Gasteiger partial charge in [0.05, 0.1) is 6.61 Å². The smallest absolute Gasteiger partial charge is 0.0716 e. The maximum absolute atomic E-state index is 5.59. The molecule has 0 N–H and O–H groups in total. The molecular weight excluding hydrogens is 172 g/mol. The van der Waals surface area contributed by atoms with Gasteiger partial charge in [0.2, 0.25) is 0 Å². The molecule has 14 heavy (non-hydrogen) atoms. The quantitative estimate of drug-likeness (QED) is 0.625. The maximum atomic E-state index is 5.59. The minimum Gasteiger partial charge on any atom is -0.377 e. The van der Waals surface area contributed by atoms with E-state index in [-0.39, 0.29) is 0 Å². The molecule has 1 atom stereocenters. The molecule has 1 heteroatoms. The maximum Gasteiger partial charge on any atom is 0.0716 e. The van der Waals surface area contributed by atoms with Crippen LogP contribution in [-0.4, -0.2) is 6.61 Å². The number of rotatable bonds is 6. The van der Waals surface area contributed by atoms with Crippen LogP contribution in [0.3, 0.4) is 0 Å². The Balaban J connectivity index is 2.10. The first-order chi connectivity index (χ1) is 6.83. The number of hydrogen-bond acceptors (Lipinski definition) is 1. The van der Waals surface area contributed by atoms with Crippen molar-refractivity contribution in [1.82, 2.24) is 0 Å². The van der Waals surface area contributed by atoms with E-state index in [1.54, 1.807) is 0 Å². The summed E-state index contributed by atoms with van der Waals surface area (Å²) in [6.07, 6.45) is 2.41. The third kappa shape index (κ3) is 4.43. The summed E-state index contributed by atoms with van der Waals surface area (Å²) in [5.41, 5.74) is 1.26. The molecule has 0 saturated carbocycles. The summed E-state index contributed by atoms with van der Waals surface area (Å²) in [5.74, 6) is 0.783. The lowest BCUT2D eigenvalue weighted by Gasteiger charge is -2.08. The van der Waals surface area contributed by atoms with E-state index < -0.39 is 0 Å². The van der Waals surface area contributed by atoms with Gasteiger partial charge in [-0.25, -0.2) is 0 Å². The van der Waals surface area contributed by atoms with Crippen molar-refractivity contribution in [3.63, 3.8) is 0 Å². The Morgan fingerprint density at radius 1 is 1.21 bits per heavy atom. The minimum atomic E-state index is 0.747. The molecule has 1 rings (SSSR count). The first kappa shape index (κ1) is 11.3. The van der Waals surface area contributed by atoms with Gasteiger partial charge in [-0.3, -0.25) is 0 Å². The second kappa shape index (κ2) is 6.61. The lowest BCUT2D eigenvalue weighted by atomic mass is 10.1. The monoisotopic (exact) mass is 192 g/mol. The SMILES string of the molecule is CCC(C)CCOCc1ccccc1. The zero-order chi connectivity index (χ0) is 10.2. The van der Waals surface area contributed by atoms with Gasteiger partial charge in [-0.1, -0.05) is 50.6 Å². The van der Waals surface area contributed by atoms with Gasteiger partial charge >= 0.3 is 0 Å². The number of ether oxygens (including phenoxy) is 1. The van der Waals surface area contributed by atoms with Crippen molar-refractivity contribution in [2.24, 2.45) is 5.92 Å². The third-order valence-corrected chi connectivity index (χ3v) is 2.56. The van der Waals surface area contributed by atoms with Crippen molar-refractivity contribution in [3.8, 4) is 0 Å². The molecule has 0 heterocycles. The molecule has 0 saturated heterocycles. The van der Waals surface area contributed by atoms with E-state index in [0.717, 1.165) is 19.1 Å². The normalized spacial score (nSPS) is 12.7. The largest absolute Gasteiger partial charge is 0.377 e. The number of benzene rings is 1. The molecule has 1 nitrogen and oxygen atoms in total. The van der Waals surface area contributed by atoms with E-state index in [1.165, 1.54) is 18.4 Å². The van der Waals surface area contributed by atoms with Gasteiger partial charge in [0.1, 0.15) is 0 Å². The highest BCUT2D eigenvalue weighted by Crippen LogP contribution is 2.07. The van der Waals surface area contributed by atoms with Crippen molar-refractivity contribution in [2.75, 3.05) is 6.61 Å². The molecule has 0 amide bonds. The fourth-order valence-electron chi connectivity index (χ4n) is 1.25. The average molecular weight is 192 g/mol. The van der Waals surface area contributed by atoms with Crippen LogP contribution in [0.2, 0.25) is 0 Å².